The maximum atomic E-state index is 6.85. The Labute approximate surface area is 47.3 Å². The lowest BCUT2D eigenvalue weighted by Crippen LogP contribution is -1.84. The third-order valence-corrected chi connectivity index (χ3v) is 0.919. The minimum Gasteiger partial charge on any atom is -0.298 e. The second kappa shape index (κ2) is 2.80. The lowest BCUT2D eigenvalue weighted by Gasteiger charge is -1.88. The molecular weight excluding hydrogens is 108 g/mol. The van der Waals surface area contributed by atoms with Crippen molar-refractivity contribution in [3.63, 3.8) is 0 Å². The van der Waals surface area contributed by atoms with Gasteiger partial charge in [0.05, 0.1) is 10.1 Å². The fourth-order valence-electron chi connectivity index (χ4n) is 0.230. The number of hydrogen-bond donors (Lipinski definition) is 2. The Bertz CT molecular complexity index is 85.9. The van der Waals surface area contributed by atoms with E-state index in [9.17, 15) is 0 Å². The summed E-state index contributed by atoms with van der Waals surface area (Å²) in [6, 6.07) is 0. The van der Waals surface area contributed by atoms with Crippen molar-refractivity contribution in [2.24, 2.45) is 0 Å². The summed E-state index contributed by atoms with van der Waals surface area (Å²) in [5.41, 5.74) is 0. The topological polar surface area (TPSA) is 47.7 Å². The van der Waals surface area contributed by atoms with Gasteiger partial charge >= 0.3 is 0 Å². The molecule has 0 amide bonds. The lowest BCUT2D eigenvalue weighted by atomic mass is 10.9. The molecule has 0 fully saturated rings. The minimum atomic E-state index is 0.479. The molecule has 0 spiro atoms. The molecule has 2 N–H and O–H groups in total. The molecule has 3 heteroatoms. The van der Waals surface area contributed by atoms with E-state index in [0.29, 0.717) is 10.1 Å². The molecule has 0 aliphatic carbocycles. The van der Waals surface area contributed by atoms with Crippen molar-refractivity contribution in [3.05, 3.63) is 0 Å². The molecule has 0 aliphatic rings. The predicted octanol–water partition coefficient (Wildman–Crippen LogP) is 1.71. The SMILES string of the molecule is CC(=N)SC(C)=N. The van der Waals surface area contributed by atoms with Crippen molar-refractivity contribution in [2.45, 2.75) is 13.8 Å². The van der Waals surface area contributed by atoms with Gasteiger partial charge in [-0.2, -0.15) is 0 Å². The monoisotopic (exact) mass is 116 g/mol. The third kappa shape index (κ3) is 5.69. The molecule has 0 unspecified atom stereocenters. The normalized spacial score (nSPS) is 8.29. The van der Waals surface area contributed by atoms with Crippen molar-refractivity contribution in [1.82, 2.24) is 0 Å². The molecule has 0 rings (SSSR count). The molecule has 0 aromatic carbocycles. The maximum absolute atomic E-state index is 6.85. The Balaban J connectivity index is 3.32. The zero-order valence-electron chi connectivity index (χ0n) is 4.41. The zero-order chi connectivity index (χ0) is 5.86. The zero-order valence-corrected chi connectivity index (χ0v) is 5.22. The molecule has 0 radical (unpaired) electrons. The molecule has 0 aliphatic heterocycles. The van der Waals surface area contributed by atoms with E-state index in [1.54, 1.807) is 13.8 Å². The van der Waals surface area contributed by atoms with Crippen LogP contribution in [0.25, 0.3) is 0 Å². The number of hydrogen-bond acceptors (Lipinski definition) is 3. The van der Waals surface area contributed by atoms with Crippen LogP contribution in [-0.2, 0) is 0 Å². The van der Waals surface area contributed by atoms with Crippen LogP contribution in [0.5, 0.6) is 0 Å². The highest BCUT2D eigenvalue weighted by Crippen LogP contribution is 2.00. The van der Waals surface area contributed by atoms with Gasteiger partial charge in [-0.3, -0.25) is 10.8 Å². The fourth-order valence-corrected chi connectivity index (χ4v) is 0.689. The number of nitrogens with one attached hydrogen (secondary N) is 2. The van der Waals surface area contributed by atoms with Crippen molar-refractivity contribution in [1.29, 1.82) is 10.8 Å². The van der Waals surface area contributed by atoms with Gasteiger partial charge in [-0.25, -0.2) is 0 Å². The Kier molecular flexibility index (Phi) is 2.67. The van der Waals surface area contributed by atoms with Crippen molar-refractivity contribution >= 4 is 21.8 Å². The highest BCUT2D eigenvalue weighted by atomic mass is 32.2. The average Bonchev–Trinajstić information content (AvgIpc) is 1.27. The summed E-state index contributed by atoms with van der Waals surface area (Å²) in [4.78, 5) is 0. The molecule has 0 saturated carbocycles. The molecule has 0 aromatic heterocycles. The average molecular weight is 116 g/mol. The van der Waals surface area contributed by atoms with E-state index in [1.165, 1.54) is 11.8 Å². The Hall–Kier alpha value is -0.310. The van der Waals surface area contributed by atoms with E-state index in [1.807, 2.05) is 0 Å². The first-order valence-electron chi connectivity index (χ1n) is 1.91. The van der Waals surface area contributed by atoms with E-state index in [4.69, 9.17) is 10.8 Å². The van der Waals surface area contributed by atoms with Crippen molar-refractivity contribution < 1.29 is 0 Å². The second-order valence-corrected chi connectivity index (χ2v) is 2.64. The minimum absolute atomic E-state index is 0.479. The van der Waals surface area contributed by atoms with Gasteiger partial charge in [-0.05, 0) is 13.8 Å². The van der Waals surface area contributed by atoms with Crippen LogP contribution in [0.2, 0.25) is 0 Å². The molecular formula is C4H8N2S. The Morgan fingerprint density at radius 2 is 1.43 bits per heavy atom. The molecule has 7 heavy (non-hydrogen) atoms. The smallest absolute Gasteiger partial charge is 0.0669 e. The predicted molar refractivity (Wildman–Crippen MR) is 34.4 cm³/mol. The van der Waals surface area contributed by atoms with Crippen LogP contribution in [0.4, 0.5) is 0 Å². The quantitative estimate of drug-likeness (QED) is 0.367. The van der Waals surface area contributed by atoms with Gasteiger partial charge in [0.2, 0.25) is 0 Å². The molecule has 40 valence electrons. The van der Waals surface area contributed by atoms with Gasteiger partial charge in [0.1, 0.15) is 0 Å². The summed E-state index contributed by atoms with van der Waals surface area (Å²) in [5, 5.41) is 14.7. The van der Waals surface area contributed by atoms with Gasteiger partial charge in [0.25, 0.3) is 0 Å². The van der Waals surface area contributed by atoms with Gasteiger partial charge in [-0.1, -0.05) is 11.8 Å². The van der Waals surface area contributed by atoms with E-state index < -0.39 is 0 Å². The largest absolute Gasteiger partial charge is 0.298 e. The second-order valence-electron chi connectivity index (χ2n) is 1.21. The molecule has 0 heterocycles. The summed E-state index contributed by atoms with van der Waals surface area (Å²) in [6.45, 7) is 3.34. The van der Waals surface area contributed by atoms with Crippen LogP contribution >= 0.6 is 11.8 Å². The Morgan fingerprint density at radius 1 is 1.14 bits per heavy atom. The number of thioether (sulfide) groups is 1. The molecule has 0 aromatic rings. The summed E-state index contributed by atoms with van der Waals surface area (Å²) in [5.74, 6) is 0. The van der Waals surface area contributed by atoms with Crippen LogP contribution in [0.1, 0.15) is 13.8 Å². The third-order valence-electron chi connectivity index (χ3n) is 0.306. The molecule has 2 nitrogen and oxygen atoms in total. The highest BCUT2D eigenvalue weighted by molar-refractivity contribution is 8.26. The van der Waals surface area contributed by atoms with Crippen molar-refractivity contribution in [2.75, 3.05) is 0 Å². The summed E-state index contributed by atoms with van der Waals surface area (Å²) in [7, 11) is 0. The number of rotatable bonds is 0. The lowest BCUT2D eigenvalue weighted by molar-refractivity contribution is 1.52. The van der Waals surface area contributed by atoms with Crippen LogP contribution in [0, 0.1) is 10.8 Å². The van der Waals surface area contributed by atoms with Crippen LogP contribution < -0.4 is 0 Å². The summed E-state index contributed by atoms with van der Waals surface area (Å²) in [6.07, 6.45) is 0. The fraction of sp³-hybridized carbons (Fsp3) is 0.500. The van der Waals surface area contributed by atoms with E-state index in [-0.39, 0.29) is 0 Å². The molecule has 0 atom stereocenters. The standard InChI is InChI=1S/C4H8N2S/c1-3(5)7-4(2)6/h5-6H,1-2H3. The van der Waals surface area contributed by atoms with Gasteiger partial charge in [-0.15, -0.1) is 0 Å². The highest BCUT2D eigenvalue weighted by Gasteiger charge is 1.87. The van der Waals surface area contributed by atoms with E-state index in [2.05, 4.69) is 0 Å². The first-order valence-corrected chi connectivity index (χ1v) is 2.72. The van der Waals surface area contributed by atoms with Crippen molar-refractivity contribution in [3.8, 4) is 0 Å². The molecule has 0 bridgehead atoms. The summed E-state index contributed by atoms with van der Waals surface area (Å²) >= 11 is 1.18. The van der Waals surface area contributed by atoms with Crippen LogP contribution in [0.15, 0.2) is 0 Å². The summed E-state index contributed by atoms with van der Waals surface area (Å²) < 4.78 is 0. The Morgan fingerprint density at radius 3 is 1.43 bits per heavy atom. The van der Waals surface area contributed by atoms with Gasteiger partial charge in [0.15, 0.2) is 0 Å². The molecule has 0 saturated heterocycles. The van der Waals surface area contributed by atoms with E-state index in [0.717, 1.165) is 0 Å². The van der Waals surface area contributed by atoms with Gasteiger partial charge < -0.3 is 0 Å². The first kappa shape index (κ1) is 6.69. The van der Waals surface area contributed by atoms with Gasteiger partial charge in [0, 0.05) is 0 Å². The first-order chi connectivity index (χ1) is 3.13. The van der Waals surface area contributed by atoms with Crippen LogP contribution in [0.3, 0.4) is 0 Å². The van der Waals surface area contributed by atoms with Crippen LogP contribution in [-0.4, -0.2) is 10.1 Å². The van der Waals surface area contributed by atoms with E-state index >= 15 is 0 Å². The maximum Gasteiger partial charge on any atom is 0.0669 e.